The Morgan fingerprint density at radius 3 is 2.69 bits per heavy atom. The van der Waals surface area contributed by atoms with Gasteiger partial charge in [0.15, 0.2) is 0 Å². The molecule has 6 nitrogen and oxygen atoms in total. The minimum atomic E-state index is -3.52. The molecular formula is C9H14N4O2S. The van der Waals surface area contributed by atoms with Crippen LogP contribution in [0.1, 0.15) is 12.1 Å². The lowest BCUT2D eigenvalue weighted by Gasteiger charge is -2.14. The molecule has 0 unspecified atom stereocenters. The molecule has 0 N–H and O–H groups in total. The molecule has 16 heavy (non-hydrogen) atoms. The molecule has 0 radical (unpaired) electrons. The van der Waals surface area contributed by atoms with Crippen LogP contribution in [0.2, 0.25) is 0 Å². The SMILES string of the molecule is Cc1nn(C)cc1S(=O)(=O)N(C)CCC#N. The number of hydrogen-bond donors (Lipinski definition) is 0. The molecule has 0 aliphatic rings. The van der Waals surface area contributed by atoms with Gasteiger partial charge in [0.1, 0.15) is 4.90 Å². The monoisotopic (exact) mass is 242 g/mol. The van der Waals surface area contributed by atoms with Gasteiger partial charge in [0.25, 0.3) is 0 Å². The second-order valence-electron chi connectivity index (χ2n) is 3.49. The van der Waals surface area contributed by atoms with Gasteiger partial charge in [-0.1, -0.05) is 0 Å². The van der Waals surface area contributed by atoms with Crippen molar-refractivity contribution in [1.29, 1.82) is 5.26 Å². The fraction of sp³-hybridized carbons (Fsp3) is 0.556. The molecule has 1 aromatic rings. The first-order chi connectivity index (χ1) is 7.39. The summed E-state index contributed by atoms with van der Waals surface area (Å²) in [6.45, 7) is 1.83. The quantitative estimate of drug-likeness (QED) is 0.758. The lowest BCUT2D eigenvalue weighted by molar-refractivity contribution is 0.476. The van der Waals surface area contributed by atoms with E-state index in [2.05, 4.69) is 5.10 Å². The molecule has 88 valence electrons. The summed E-state index contributed by atoms with van der Waals surface area (Å²) in [5.74, 6) is 0. The minimum absolute atomic E-state index is 0.176. The molecule has 0 fully saturated rings. The summed E-state index contributed by atoms with van der Waals surface area (Å²) in [7, 11) is -0.397. The molecule has 0 aromatic carbocycles. The number of hydrogen-bond acceptors (Lipinski definition) is 4. The normalized spacial score (nSPS) is 11.7. The van der Waals surface area contributed by atoms with E-state index in [0.717, 1.165) is 0 Å². The van der Waals surface area contributed by atoms with Crippen molar-refractivity contribution < 1.29 is 8.42 Å². The molecule has 0 amide bonds. The van der Waals surface area contributed by atoms with Crippen LogP contribution in [0.15, 0.2) is 11.1 Å². The van der Waals surface area contributed by atoms with E-state index in [1.807, 2.05) is 6.07 Å². The summed E-state index contributed by atoms with van der Waals surface area (Å²) in [5, 5.41) is 12.4. The van der Waals surface area contributed by atoms with E-state index in [9.17, 15) is 8.42 Å². The Balaban J connectivity index is 3.03. The predicted octanol–water partition coefficient (Wildman–Crippen LogP) is 0.263. The maximum atomic E-state index is 12.0. The topological polar surface area (TPSA) is 79.0 Å². The average molecular weight is 242 g/mol. The van der Waals surface area contributed by atoms with Crippen molar-refractivity contribution in [2.24, 2.45) is 7.05 Å². The van der Waals surface area contributed by atoms with E-state index < -0.39 is 10.0 Å². The van der Waals surface area contributed by atoms with Crippen molar-refractivity contribution in [2.75, 3.05) is 13.6 Å². The van der Waals surface area contributed by atoms with E-state index in [0.29, 0.717) is 5.69 Å². The Hall–Kier alpha value is -1.39. The van der Waals surface area contributed by atoms with Gasteiger partial charge in [-0.2, -0.15) is 14.7 Å². The zero-order chi connectivity index (χ0) is 12.3. The number of nitriles is 1. The van der Waals surface area contributed by atoms with Gasteiger partial charge >= 0.3 is 0 Å². The van der Waals surface area contributed by atoms with E-state index in [-0.39, 0.29) is 17.9 Å². The van der Waals surface area contributed by atoms with Gasteiger partial charge < -0.3 is 0 Å². The molecule has 0 saturated heterocycles. The molecule has 0 bridgehead atoms. The summed E-state index contributed by atoms with van der Waals surface area (Å²) in [4.78, 5) is 0.190. The van der Waals surface area contributed by atoms with E-state index in [1.165, 1.54) is 22.2 Å². The Kier molecular flexibility index (Phi) is 3.67. The standard InChI is InChI=1S/C9H14N4O2S/c1-8-9(7-12(2)11-8)16(14,15)13(3)6-4-5-10/h7H,4,6H2,1-3H3. The van der Waals surface area contributed by atoms with Gasteiger partial charge in [-0.3, -0.25) is 4.68 Å². The molecule has 1 aromatic heterocycles. The summed E-state index contributed by atoms with van der Waals surface area (Å²) in [5.41, 5.74) is 0.464. The van der Waals surface area contributed by atoms with Gasteiger partial charge in [0, 0.05) is 33.3 Å². The molecule has 0 atom stereocenters. The van der Waals surface area contributed by atoms with Crippen molar-refractivity contribution >= 4 is 10.0 Å². The maximum Gasteiger partial charge on any atom is 0.246 e. The second-order valence-corrected chi connectivity index (χ2v) is 5.50. The van der Waals surface area contributed by atoms with Crippen LogP contribution in [0.3, 0.4) is 0 Å². The second kappa shape index (κ2) is 4.63. The summed E-state index contributed by atoms with van der Waals surface area (Å²) in [6.07, 6.45) is 1.64. The Morgan fingerprint density at radius 1 is 1.62 bits per heavy atom. The van der Waals surface area contributed by atoms with Crippen LogP contribution in [-0.2, 0) is 17.1 Å². The molecule has 0 spiro atoms. The zero-order valence-corrected chi connectivity index (χ0v) is 10.3. The third-order valence-electron chi connectivity index (χ3n) is 2.20. The van der Waals surface area contributed by atoms with Crippen LogP contribution in [0.25, 0.3) is 0 Å². The third-order valence-corrected chi connectivity index (χ3v) is 4.15. The zero-order valence-electron chi connectivity index (χ0n) is 9.51. The van der Waals surface area contributed by atoms with Crippen LogP contribution in [-0.4, -0.2) is 36.1 Å². The van der Waals surface area contributed by atoms with Crippen molar-refractivity contribution in [1.82, 2.24) is 14.1 Å². The Morgan fingerprint density at radius 2 is 2.25 bits per heavy atom. The number of nitrogens with zero attached hydrogens (tertiary/aromatic N) is 4. The van der Waals surface area contributed by atoms with E-state index >= 15 is 0 Å². The minimum Gasteiger partial charge on any atom is -0.274 e. The first-order valence-corrected chi connectivity index (χ1v) is 6.17. The van der Waals surface area contributed by atoms with Gasteiger partial charge in [-0.25, -0.2) is 8.42 Å². The smallest absolute Gasteiger partial charge is 0.246 e. The van der Waals surface area contributed by atoms with E-state index in [4.69, 9.17) is 5.26 Å². The molecule has 0 saturated carbocycles. The largest absolute Gasteiger partial charge is 0.274 e. The van der Waals surface area contributed by atoms with Crippen LogP contribution < -0.4 is 0 Å². The van der Waals surface area contributed by atoms with Gasteiger partial charge in [-0.05, 0) is 6.92 Å². The summed E-state index contributed by atoms with van der Waals surface area (Å²) < 4.78 is 26.7. The highest BCUT2D eigenvalue weighted by atomic mass is 32.2. The van der Waals surface area contributed by atoms with Crippen molar-refractivity contribution in [3.8, 4) is 6.07 Å². The van der Waals surface area contributed by atoms with Crippen molar-refractivity contribution in [2.45, 2.75) is 18.2 Å². The highest BCUT2D eigenvalue weighted by Crippen LogP contribution is 2.17. The lowest BCUT2D eigenvalue weighted by atomic mass is 10.5. The Bertz CT molecular complexity index is 512. The molecular weight excluding hydrogens is 228 g/mol. The molecule has 0 aliphatic heterocycles. The van der Waals surface area contributed by atoms with Gasteiger partial charge in [0.2, 0.25) is 10.0 Å². The fourth-order valence-electron chi connectivity index (χ4n) is 1.33. The molecule has 7 heteroatoms. The lowest BCUT2D eigenvalue weighted by Crippen LogP contribution is -2.28. The highest BCUT2D eigenvalue weighted by molar-refractivity contribution is 7.89. The fourth-order valence-corrected chi connectivity index (χ4v) is 2.69. The highest BCUT2D eigenvalue weighted by Gasteiger charge is 2.24. The Labute approximate surface area is 95.1 Å². The van der Waals surface area contributed by atoms with Gasteiger partial charge in [0.05, 0.1) is 11.8 Å². The first-order valence-electron chi connectivity index (χ1n) is 4.73. The van der Waals surface area contributed by atoms with Crippen LogP contribution in [0, 0.1) is 18.3 Å². The number of sulfonamides is 1. The van der Waals surface area contributed by atoms with Crippen LogP contribution in [0.5, 0.6) is 0 Å². The first kappa shape index (κ1) is 12.7. The van der Waals surface area contributed by atoms with Gasteiger partial charge in [-0.15, -0.1) is 0 Å². The molecule has 0 aliphatic carbocycles. The van der Waals surface area contributed by atoms with E-state index in [1.54, 1.807) is 14.0 Å². The van der Waals surface area contributed by atoms with Crippen LogP contribution in [0.4, 0.5) is 0 Å². The van der Waals surface area contributed by atoms with Crippen molar-refractivity contribution in [3.05, 3.63) is 11.9 Å². The molecule has 1 rings (SSSR count). The summed E-state index contributed by atoms with van der Waals surface area (Å²) >= 11 is 0. The van der Waals surface area contributed by atoms with Crippen molar-refractivity contribution in [3.63, 3.8) is 0 Å². The van der Waals surface area contributed by atoms with Crippen LogP contribution >= 0.6 is 0 Å². The average Bonchev–Trinajstić information content (AvgIpc) is 2.54. The summed E-state index contributed by atoms with van der Waals surface area (Å²) in [6, 6.07) is 1.92. The number of aromatic nitrogens is 2. The third kappa shape index (κ3) is 2.40. The maximum absolute atomic E-state index is 12.0. The predicted molar refractivity (Wildman–Crippen MR) is 58.0 cm³/mol. The molecule has 1 heterocycles. The number of aryl methyl sites for hydroxylation is 2. The number of rotatable bonds is 4.